The summed E-state index contributed by atoms with van der Waals surface area (Å²) < 4.78 is 1.71. The first-order valence-corrected chi connectivity index (χ1v) is 7.36. The van der Waals surface area contributed by atoms with Crippen molar-refractivity contribution >= 4 is 12.0 Å². The highest BCUT2D eigenvalue weighted by atomic mass is 16.1. The molecular weight excluding hydrogens is 288 g/mol. The van der Waals surface area contributed by atoms with E-state index >= 15 is 0 Å². The van der Waals surface area contributed by atoms with Gasteiger partial charge in [-0.2, -0.15) is 0 Å². The van der Waals surface area contributed by atoms with Crippen LogP contribution in [0.2, 0.25) is 0 Å². The summed E-state index contributed by atoms with van der Waals surface area (Å²) >= 11 is 0. The Morgan fingerprint density at radius 2 is 1.83 bits per heavy atom. The van der Waals surface area contributed by atoms with Gasteiger partial charge in [-0.15, -0.1) is 5.10 Å². The molecule has 0 saturated heterocycles. The Balaban J connectivity index is 2.13. The van der Waals surface area contributed by atoms with Crippen LogP contribution >= 0.6 is 0 Å². The van der Waals surface area contributed by atoms with E-state index in [1.165, 1.54) is 0 Å². The molecule has 0 radical (unpaired) electrons. The molecular formula is C18H18N4O. The molecule has 0 atom stereocenters. The van der Waals surface area contributed by atoms with Crippen molar-refractivity contribution in [3.05, 3.63) is 59.8 Å². The molecule has 1 aromatic heterocycles. The van der Waals surface area contributed by atoms with E-state index in [9.17, 15) is 4.79 Å². The van der Waals surface area contributed by atoms with E-state index in [0.29, 0.717) is 11.4 Å². The number of rotatable bonds is 4. The minimum absolute atomic E-state index is 0.340. The number of aryl methyl sites for hydroxylation is 1. The van der Waals surface area contributed by atoms with Gasteiger partial charge < -0.3 is 4.90 Å². The van der Waals surface area contributed by atoms with Gasteiger partial charge >= 0.3 is 0 Å². The first kappa shape index (κ1) is 15.0. The molecule has 0 fully saturated rings. The van der Waals surface area contributed by atoms with Crippen molar-refractivity contribution in [1.29, 1.82) is 0 Å². The fourth-order valence-corrected chi connectivity index (χ4v) is 2.51. The lowest BCUT2D eigenvalue weighted by molar-refractivity contribution is 0.111. The molecule has 3 rings (SSSR count). The Bertz CT molecular complexity index is 834. The van der Waals surface area contributed by atoms with Crippen molar-refractivity contribution < 1.29 is 4.79 Å². The number of anilines is 1. The number of aromatic nitrogens is 3. The minimum atomic E-state index is 0.340. The molecule has 0 bridgehead atoms. The van der Waals surface area contributed by atoms with Gasteiger partial charge in [-0.3, -0.25) is 4.79 Å². The van der Waals surface area contributed by atoms with Crippen LogP contribution in [0, 0.1) is 6.92 Å². The van der Waals surface area contributed by atoms with E-state index in [2.05, 4.69) is 10.3 Å². The molecule has 1 heterocycles. The monoisotopic (exact) mass is 306 g/mol. The van der Waals surface area contributed by atoms with Gasteiger partial charge in [0.15, 0.2) is 12.0 Å². The van der Waals surface area contributed by atoms with E-state index in [-0.39, 0.29) is 0 Å². The van der Waals surface area contributed by atoms with Gasteiger partial charge in [-0.05, 0) is 37.3 Å². The second-order valence-corrected chi connectivity index (χ2v) is 5.63. The SMILES string of the molecule is Cc1cccc(-c2c(C=O)nnn2-c2ccc(N(C)C)cc2)c1. The van der Waals surface area contributed by atoms with Gasteiger partial charge in [0.25, 0.3) is 0 Å². The van der Waals surface area contributed by atoms with Gasteiger partial charge in [0.05, 0.1) is 5.69 Å². The first-order chi connectivity index (χ1) is 11.1. The van der Waals surface area contributed by atoms with Gasteiger partial charge in [0, 0.05) is 25.3 Å². The van der Waals surface area contributed by atoms with E-state index in [0.717, 1.165) is 28.8 Å². The topological polar surface area (TPSA) is 51.0 Å². The van der Waals surface area contributed by atoms with Crippen LogP contribution in [0.1, 0.15) is 16.1 Å². The summed E-state index contributed by atoms with van der Waals surface area (Å²) in [5.74, 6) is 0. The number of benzene rings is 2. The van der Waals surface area contributed by atoms with Crippen molar-refractivity contribution in [2.75, 3.05) is 19.0 Å². The maximum Gasteiger partial charge on any atom is 0.172 e. The predicted molar refractivity (Wildman–Crippen MR) is 91.2 cm³/mol. The van der Waals surface area contributed by atoms with Gasteiger partial charge in [0.1, 0.15) is 5.69 Å². The van der Waals surface area contributed by atoms with Gasteiger partial charge in [-0.1, -0.05) is 29.0 Å². The van der Waals surface area contributed by atoms with E-state index in [1.54, 1.807) is 4.68 Å². The van der Waals surface area contributed by atoms with Crippen molar-refractivity contribution in [1.82, 2.24) is 15.0 Å². The van der Waals surface area contributed by atoms with Crippen LogP contribution in [-0.4, -0.2) is 35.4 Å². The quantitative estimate of drug-likeness (QED) is 0.695. The third-order valence-corrected chi connectivity index (χ3v) is 3.71. The molecule has 3 aromatic rings. The maximum atomic E-state index is 11.4. The van der Waals surface area contributed by atoms with Crippen LogP contribution in [0.3, 0.4) is 0 Å². The number of nitrogens with zero attached hydrogens (tertiary/aromatic N) is 4. The molecule has 0 aliphatic rings. The number of hydrogen-bond donors (Lipinski definition) is 0. The summed E-state index contributed by atoms with van der Waals surface area (Å²) in [5, 5.41) is 8.17. The molecule has 116 valence electrons. The molecule has 0 amide bonds. The fraction of sp³-hybridized carbons (Fsp3) is 0.167. The van der Waals surface area contributed by atoms with E-state index in [4.69, 9.17) is 0 Å². The standard InChI is InChI=1S/C18H18N4O/c1-13-5-4-6-14(11-13)18-17(12-23)19-20-22(18)16-9-7-15(8-10-16)21(2)3/h4-12H,1-3H3. The number of carbonyl (C=O) groups excluding carboxylic acids is 1. The van der Waals surface area contributed by atoms with Crippen LogP contribution in [0.15, 0.2) is 48.5 Å². The summed E-state index contributed by atoms with van der Waals surface area (Å²) in [6.07, 6.45) is 0.745. The van der Waals surface area contributed by atoms with E-state index < -0.39 is 0 Å². The summed E-state index contributed by atoms with van der Waals surface area (Å²) in [4.78, 5) is 13.4. The third kappa shape index (κ3) is 2.85. The van der Waals surface area contributed by atoms with Crippen molar-refractivity contribution in [2.45, 2.75) is 6.92 Å². The highest BCUT2D eigenvalue weighted by Crippen LogP contribution is 2.26. The van der Waals surface area contributed by atoms with E-state index in [1.807, 2.05) is 74.4 Å². The Kier molecular flexibility index (Phi) is 3.93. The van der Waals surface area contributed by atoms with Crippen molar-refractivity contribution in [2.24, 2.45) is 0 Å². The normalized spacial score (nSPS) is 10.6. The molecule has 5 nitrogen and oxygen atoms in total. The zero-order valence-electron chi connectivity index (χ0n) is 13.4. The zero-order chi connectivity index (χ0) is 16.4. The lowest BCUT2D eigenvalue weighted by Gasteiger charge is -2.13. The lowest BCUT2D eigenvalue weighted by Crippen LogP contribution is -2.08. The lowest BCUT2D eigenvalue weighted by atomic mass is 10.1. The van der Waals surface area contributed by atoms with Crippen LogP contribution < -0.4 is 4.90 Å². The highest BCUT2D eigenvalue weighted by Gasteiger charge is 2.16. The molecule has 0 saturated carbocycles. The molecule has 0 aliphatic carbocycles. The predicted octanol–water partition coefficient (Wildman–Crippen LogP) is 3.12. The summed E-state index contributed by atoms with van der Waals surface area (Å²) in [7, 11) is 3.99. The fourth-order valence-electron chi connectivity index (χ4n) is 2.51. The molecule has 0 N–H and O–H groups in total. The third-order valence-electron chi connectivity index (χ3n) is 3.71. The Hall–Kier alpha value is -2.95. The maximum absolute atomic E-state index is 11.4. The largest absolute Gasteiger partial charge is 0.378 e. The molecule has 0 aliphatic heterocycles. The number of hydrogen-bond acceptors (Lipinski definition) is 4. The Morgan fingerprint density at radius 1 is 1.09 bits per heavy atom. The summed E-state index contributed by atoms with van der Waals surface area (Å²) in [6, 6.07) is 15.9. The summed E-state index contributed by atoms with van der Waals surface area (Å²) in [6.45, 7) is 2.02. The average Bonchev–Trinajstić information content (AvgIpc) is 2.99. The van der Waals surface area contributed by atoms with Gasteiger partial charge in [0.2, 0.25) is 0 Å². The Morgan fingerprint density at radius 3 is 2.43 bits per heavy atom. The first-order valence-electron chi connectivity index (χ1n) is 7.36. The molecule has 0 unspecified atom stereocenters. The van der Waals surface area contributed by atoms with Crippen LogP contribution in [-0.2, 0) is 0 Å². The second kappa shape index (κ2) is 6.04. The average molecular weight is 306 g/mol. The highest BCUT2D eigenvalue weighted by molar-refractivity contribution is 5.84. The zero-order valence-corrected chi connectivity index (χ0v) is 13.4. The smallest absolute Gasteiger partial charge is 0.172 e. The van der Waals surface area contributed by atoms with Crippen molar-refractivity contribution in [3.63, 3.8) is 0 Å². The Labute approximate surface area is 135 Å². The molecule has 23 heavy (non-hydrogen) atoms. The molecule has 0 spiro atoms. The summed E-state index contributed by atoms with van der Waals surface area (Å²) in [5.41, 5.74) is 5.06. The van der Waals surface area contributed by atoms with Crippen molar-refractivity contribution in [3.8, 4) is 16.9 Å². The minimum Gasteiger partial charge on any atom is -0.378 e. The van der Waals surface area contributed by atoms with Crippen LogP contribution in [0.25, 0.3) is 16.9 Å². The molecule has 2 aromatic carbocycles. The number of aldehydes is 1. The van der Waals surface area contributed by atoms with Crippen LogP contribution in [0.5, 0.6) is 0 Å². The molecule has 5 heteroatoms. The van der Waals surface area contributed by atoms with Crippen LogP contribution in [0.4, 0.5) is 5.69 Å². The second-order valence-electron chi connectivity index (χ2n) is 5.63. The van der Waals surface area contributed by atoms with Gasteiger partial charge in [-0.25, -0.2) is 4.68 Å². The number of carbonyl (C=O) groups is 1.